The molecule has 7 heteroatoms. The van der Waals surface area contributed by atoms with Crippen molar-refractivity contribution >= 4 is 44.8 Å². The molecule has 0 aliphatic heterocycles. The van der Waals surface area contributed by atoms with E-state index in [0.29, 0.717) is 22.6 Å². The Balaban J connectivity index is 1.86. The topological polar surface area (TPSA) is 105 Å². The molecule has 3 rings (SSSR count). The summed E-state index contributed by atoms with van der Waals surface area (Å²) in [6.45, 7) is 0. The predicted octanol–water partition coefficient (Wildman–Crippen LogP) is 2.98. The van der Waals surface area contributed by atoms with Gasteiger partial charge in [0.05, 0.1) is 11.9 Å². The first kappa shape index (κ1) is 12.6. The Morgan fingerprint density at radius 2 is 2.30 bits per heavy atom. The number of imidazole rings is 1. The number of allylic oxidation sites excluding steroid dienone is 1. The minimum absolute atomic E-state index is 0.125. The highest BCUT2D eigenvalue weighted by Crippen LogP contribution is 2.18. The van der Waals surface area contributed by atoms with Crippen molar-refractivity contribution in [3.8, 4) is 0 Å². The molecule has 6 nitrogen and oxygen atoms in total. The number of aromatic amines is 1. The molecule has 20 heavy (non-hydrogen) atoms. The molecule has 2 heterocycles. The number of fused-ring (bicyclic) bond motifs is 1. The van der Waals surface area contributed by atoms with Gasteiger partial charge < -0.3 is 20.5 Å². The summed E-state index contributed by atoms with van der Waals surface area (Å²) < 4.78 is 5.99. The Morgan fingerprint density at radius 3 is 3.05 bits per heavy atom. The lowest BCUT2D eigenvalue weighted by Crippen LogP contribution is -1.94. The van der Waals surface area contributed by atoms with Gasteiger partial charge in [-0.25, -0.2) is 4.98 Å². The highest BCUT2D eigenvalue weighted by atomic mass is 79.9. The molecule has 0 aliphatic rings. The molecule has 4 N–H and O–H groups in total. The maximum absolute atomic E-state index is 8.04. The molecule has 0 atom stereocenters. The van der Waals surface area contributed by atoms with Crippen molar-refractivity contribution in [2.45, 2.75) is 0 Å². The first-order valence-corrected chi connectivity index (χ1v) is 6.55. The highest BCUT2D eigenvalue weighted by molar-refractivity contribution is 9.10. The summed E-state index contributed by atoms with van der Waals surface area (Å²) in [6.07, 6.45) is 5.05. The third kappa shape index (κ3) is 2.48. The first-order chi connectivity index (χ1) is 9.61. The van der Waals surface area contributed by atoms with Crippen LogP contribution in [0.3, 0.4) is 0 Å². The minimum Gasteiger partial charge on any atom is -0.424 e. The van der Waals surface area contributed by atoms with E-state index in [1.807, 2.05) is 0 Å². The van der Waals surface area contributed by atoms with Crippen molar-refractivity contribution in [2.24, 2.45) is 0 Å². The number of nitrogen functional groups attached to an aromatic ring is 1. The van der Waals surface area contributed by atoms with Crippen molar-refractivity contribution < 1.29 is 4.42 Å². The van der Waals surface area contributed by atoms with E-state index in [0.717, 1.165) is 10.2 Å². The van der Waals surface area contributed by atoms with E-state index in [1.165, 1.54) is 0 Å². The fourth-order valence-electron chi connectivity index (χ4n) is 1.77. The van der Waals surface area contributed by atoms with E-state index in [9.17, 15) is 0 Å². The van der Waals surface area contributed by atoms with Crippen LogP contribution in [0.4, 0.5) is 6.01 Å². The molecule has 100 valence electrons. The Morgan fingerprint density at radius 1 is 1.45 bits per heavy atom. The Bertz CT molecular complexity index is 817. The van der Waals surface area contributed by atoms with Gasteiger partial charge in [0.2, 0.25) is 0 Å². The Hall–Kier alpha value is -2.41. The smallest absolute Gasteiger partial charge is 0.292 e. The largest absolute Gasteiger partial charge is 0.424 e. The van der Waals surface area contributed by atoms with Gasteiger partial charge in [-0.2, -0.15) is 4.98 Å². The maximum atomic E-state index is 8.04. The number of hydrogen-bond donors (Lipinski definition) is 3. The second-order valence-electron chi connectivity index (χ2n) is 4.10. The van der Waals surface area contributed by atoms with Crippen LogP contribution in [-0.4, -0.2) is 20.7 Å². The number of H-pyrrole nitrogens is 1. The lowest BCUT2D eigenvalue weighted by atomic mass is 10.1. The van der Waals surface area contributed by atoms with Crippen LogP contribution < -0.4 is 5.73 Å². The molecule has 0 amide bonds. The van der Waals surface area contributed by atoms with Gasteiger partial charge in [-0.1, -0.05) is 0 Å². The summed E-state index contributed by atoms with van der Waals surface area (Å²) in [5.41, 5.74) is 7.82. The van der Waals surface area contributed by atoms with Crippen LogP contribution in [0.15, 0.2) is 39.5 Å². The van der Waals surface area contributed by atoms with E-state index in [-0.39, 0.29) is 6.01 Å². The van der Waals surface area contributed by atoms with Crippen LogP contribution in [0.2, 0.25) is 0 Å². The third-order valence-electron chi connectivity index (χ3n) is 2.69. The van der Waals surface area contributed by atoms with Crippen molar-refractivity contribution in [1.82, 2.24) is 15.0 Å². The van der Waals surface area contributed by atoms with Gasteiger partial charge in [0.25, 0.3) is 6.01 Å². The molecule has 0 spiro atoms. The van der Waals surface area contributed by atoms with Gasteiger partial charge in [-0.05, 0) is 46.3 Å². The van der Waals surface area contributed by atoms with Gasteiger partial charge in [0.15, 0.2) is 5.58 Å². The fraction of sp³-hybridized carbons (Fsp3) is 0. The number of aromatic nitrogens is 3. The van der Waals surface area contributed by atoms with Crippen LogP contribution in [-0.2, 0) is 0 Å². The number of nitrogens with one attached hydrogen (secondary N) is 2. The molecule has 2 aromatic heterocycles. The zero-order valence-corrected chi connectivity index (χ0v) is 11.8. The van der Waals surface area contributed by atoms with Crippen LogP contribution in [0.5, 0.6) is 0 Å². The summed E-state index contributed by atoms with van der Waals surface area (Å²) in [7, 11) is 0. The lowest BCUT2D eigenvalue weighted by molar-refractivity contribution is 0.626. The molecule has 0 bridgehead atoms. The summed E-state index contributed by atoms with van der Waals surface area (Å²) >= 11 is 3.28. The number of nitrogens with zero attached hydrogens (tertiary/aromatic N) is 2. The van der Waals surface area contributed by atoms with E-state index in [1.54, 1.807) is 36.5 Å². The van der Waals surface area contributed by atoms with E-state index >= 15 is 0 Å². The molecule has 0 unspecified atom stereocenters. The number of nitrogens with two attached hydrogens (primary N) is 1. The van der Waals surface area contributed by atoms with Crippen LogP contribution in [0.1, 0.15) is 11.4 Å². The molecule has 0 fully saturated rings. The summed E-state index contributed by atoms with van der Waals surface area (Å²) in [5, 5.41) is 8.04. The van der Waals surface area contributed by atoms with Gasteiger partial charge in [-0.3, -0.25) is 0 Å². The SMILES string of the molecule is N=C(/C=C\c1ncc(Br)[nH]1)c1ccc2oc(N)nc2c1. The second-order valence-corrected chi connectivity index (χ2v) is 4.95. The van der Waals surface area contributed by atoms with Crippen molar-refractivity contribution in [3.63, 3.8) is 0 Å². The Labute approximate surface area is 122 Å². The van der Waals surface area contributed by atoms with Crippen LogP contribution in [0.25, 0.3) is 17.2 Å². The Kier molecular flexibility index (Phi) is 3.11. The summed E-state index contributed by atoms with van der Waals surface area (Å²) in [4.78, 5) is 11.1. The standard InChI is InChI=1S/C13H10BrN5O/c14-11-6-17-12(19-11)4-2-8(15)7-1-3-10-9(5-7)18-13(16)20-10/h1-6,15H,(H2,16,18)(H,17,19)/b4-2-,15-8?. The van der Waals surface area contributed by atoms with Gasteiger partial charge in [-0.15, -0.1) is 0 Å². The molecular weight excluding hydrogens is 322 g/mol. The minimum atomic E-state index is 0.125. The predicted molar refractivity (Wildman–Crippen MR) is 80.6 cm³/mol. The normalized spacial score (nSPS) is 11.4. The van der Waals surface area contributed by atoms with E-state index in [4.69, 9.17) is 15.6 Å². The van der Waals surface area contributed by atoms with Crippen LogP contribution in [0, 0.1) is 5.41 Å². The molecule has 3 aromatic rings. The van der Waals surface area contributed by atoms with Gasteiger partial charge >= 0.3 is 0 Å². The summed E-state index contributed by atoms with van der Waals surface area (Å²) in [6, 6.07) is 5.43. The molecular formula is C13H10BrN5O. The van der Waals surface area contributed by atoms with Crippen molar-refractivity contribution in [2.75, 3.05) is 5.73 Å². The fourth-order valence-corrected chi connectivity index (χ4v) is 2.07. The van der Waals surface area contributed by atoms with Gasteiger partial charge in [0.1, 0.15) is 15.9 Å². The number of hydrogen-bond acceptors (Lipinski definition) is 5. The average molecular weight is 332 g/mol. The average Bonchev–Trinajstić information content (AvgIpc) is 2.99. The monoisotopic (exact) mass is 331 g/mol. The van der Waals surface area contributed by atoms with Crippen LogP contribution >= 0.6 is 15.9 Å². The number of halogens is 1. The van der Waals surface area contributed by atoms with Gasteiger partial charge in [0, 0.05) is 5.56 Å². The molecule has 1 aromatic carbocycles. The molecule has 0 aliphatic carbocycles. The third-order valence-corrected chi connectivity index (χ3v) is 3.09. The van der Waals surface area contributed by atoms with E-state index in [2.05, 4.69) is 30.9 Å². The maximum Gasteiger partial charge on any atom is 0.292 e. The second kappa shape index (κ2) is 4.93. The zero-order chi connectivity index (χ0) is 14.1. The number of rotatable bonds is 3. The molecule has 0 radical (unpaired) electrons. The zero-order valence-electron chi connectivity index (χ0n) is 10.2. The number of oxazole rings is 1. The quantitative estimate of drug-likeness (QED) is 0.641. The lowest BCUT2D eigenvalue weighted by Gasteiger charge is -1.97. The first-order valence-electron chi connectivity index (χ1n) is 5.75. The van der Waals surface area contributed by atoms with Crippen molar-refractivity contribution in [3.05, 3.63) is 46.5 Å². The van der Waals surface area contributed by atoms with E-state index < -0.39 is 0 Å². The number of benzene rings is 1. The molecule has 0 saturated heterocycles. The number of anilines is 1. The van der Waals surface area contributed by atoms with Crippen molar-refractivity contribution in [1.29, 1.82) is 5.41 Å². The molecule has 0 saturated carbocycles. The highest BCUT2D eigenvalue weighted by Gasteiger charge is 2.05. The summed E-state index contributed by atoms with van der Waals surface area (Å²) in [5.74, 6) is 0.674.